The summed E-state index contributed by atoms with van der Waals surface area (Å²) in [6.07, 6.45) is 2.91. The first-order valence-corrected chi connectivity index (χ1v) is 8.67. The van der Waals surface area contributed by atoms with Crippen molar-refractivity contribution in [3.8, 4) is 5.75 Å². The molecule has 6 heteroatoms. The molecule has 0 aliphatic carbocycles. The maximum Gasteiger partial charge on any atom is 0.208 e. The molecule has 0 aliphatic rings. The molecular formula is C14H24N2O3S. The molecule has 0 fully saturated rings. The summed E-state index contributed by atoms with van der Waals surface area (Å²) in [7, 11) is -1.43. The summed E-state index contributed by atoms with van der Waals surface area (Å²) in [6.45, 7) is 3.36. The van der Waals surface area contributed by atoms with Gasteiger partial charge < -0.3 is 10.1 Å². The molecule has 1 aromatic carbocycles. The fraction of sp³-hybridized carbons (Fsp3) is 0.571. The number of ether oxygens (including phenoxy) is 1. The van der Waals surface area contributed by atoms with E-state index in [9.17, 15) is 8.42 Å². The molecule has 0 bridgehead atoms. The van der Waals surface area contributed by atoms with E-state index in [2.05, 4.69) is 29.1 Å². The van der Waals surface area contributed by atoms with Gasteiger partial charge in [0.1, 0.15) is 5.75 Å². The van der Waals surface area contributed by atoms with Gasteiger partial charge >= 0.3 is 0 Å². The van der Waals surface area contributed by atoms with Crippen molar-refractivity contribution in [2.24, 2.45) is 0 Å². The van der Waals surface area contributed by atoms with Crippen molar-refractivity contribution in [2.45, 2.75) is 25.8 Å². The van der Waals surface area contributed by atoms with Gasteiger partial charge in [-0.25, -0.2) is 13.1 Å². The van der Waals surface area contributed by atoms with Crippen LogP contribution in [0.4, 0.5) is 0 Å². The van der Waals surface area contributed by atoms with Crippen LogP contribution in [0.5, 0.6) is 5.75 Å². The van der Waals surface area contributed by atoms with E-state index >= 15 is 0 Å². The van der Waals surface area contributed by atoms with Crippen LogP contribution in [-0.4, -0.2) is 34.9 Å². The highest BCUT2D eigenvalue weighted by atomic mass is 32.2. The van der Waals surface area contributed by atoms with Crippen molar-refractivity contribution < 1.29 is 13.2 Å². The molecular weight excluding hydrogens is 276 g/mol. The highest BCUT2D eigenvalue weighted by molar-refractivity contribution is 7.88. The van der Waals surface area contributed by atoms with Crippen molar-refractivity contribution in [3.05, 3.63) is 29.8 Å². The highest BCUT2D eigenvalue weighted by Crippen LogP contribution is 2.19. The fourth-order valence-corrected chi connectivity index (χ4v) is 2.47. The quantitative estimate of drug-likeness (QED) is 0.681. The Hall–Kier alpha value is -1.11. The van der Waals surface area contributed by atoms with E-state index < -0.39 is 10.0 Å². The molecule has 0 saturated heterocycles. The van der Waals surface area contributed by atoms with Crippen LogP contribution in [-0.2, 0) is 10.0 Å². The van der Waals surface area contributed by atoms with E-state index in [1.165, 1.54) is 11.8 Å². The molecule has 0 amide bonds. The van der Waals surface area contributed by atoms with E-state index in [1.54, 1.807) is 7.11 Å². The van der Waals surface area contributed by atoms with Gasteiger partial charge in [0.05, 0.1) is 13.4 Å². The number of benzene rings is 1. The van der Waals surface area contributed by atoms with Crippen LogP contribution in [0.25, 0.3) is 0 Å². The first-order valence-electron chi connectivity index (χ1n) is 6.78. The van der Waals surface area contributed by atoms with Crippen molar-refractivity contribution in [3.63, 3.8) is 0 Å². The summed E-state index contributed by atoms with van der Waals surface area (Å²) >= 11 is 0. The Morgan fingerprint density at radius 1 is 1.20 bits per heavy atom. The minimum Gasteiger partial charge on any atom is -0.497 e. The minimum absolute atomic E-state index is 0.277. The van der Waals surface area contributed by atoms with Crippen LogP contribution in [0.3, 0.4) is 0 Å². The molecule has 2 N–H and O–H groups in total. The minimum atomic E-state index is -3.08. The largest absolute Gasteiger partial charge is 0.497 e. The average Bonchev–Trinajstić information content (AvgIpc) is 2.42. The lowest BCUT2D eigenvalue weighted by Gasteiger charge is -2.17. The number of sulfonamides is 1. The van der Waals surface area contributed by atoms with E-state index in [-0.39, 0.29) is 6.04 Å². The second-order valence-electron chi connectivity index (χ2n) is 4.71. The maximum atomic E-state index is 10.9. The third-order valence-electron chi connectivity index (χ3n) is 3.03. The normalized spacial score (nSPS) is 13.2. The first kappa shape index (κ1) is 16.9. The van der Waals surface area contributed by atoms with E-state index in [1.807, 2.05) is 12.1 Å². The number of rotatable bonds is 9. The van der Waals surface area contributed by atoms with E-state index in [4.69, 9.17) is 4.74 Å². The van der Waals surface area contributed by atoms with Gasteiger partial charge in [-0.05, 0) is 37.1 Å². The average molecular weight is 300 g/mol. The Kier molecular flexibility index (Phi) is 6.98. The second kappa shape index (κ2) is 8.24. The van der Waals surface area contributed by atoms with E-state index in [0.717, 1.165) is 25.1 Å². The zero-order valence-corrected chi connectivity index (χ0v) is 13.2. The van der Waals surface area contributed by atoms with Gasteiger partial charge in [0.15, 0.2) is 0 Å². The summed E-state index contributed by atoms with van der Waals surface area (Å²) < 4.78 is 29.5. The number of nitrogens with one attached hydrogen (secondary N) is 2. The van der Waals surface area contributed by atoms with Crippen LogP contribution in [0.2, 0.25) is 0 Å². The Labute approximate surface area is 121 Å². The second-order valence-corrected chi connectivity index (χ2v) is 6.54. The Morgan fingerprint density at radius 2 is 1.85 bits per heavy atom. The molecule has 114 valence electrons. The summed E-state index contributed by atoms with van der Waals surface area (Å²) in [5.41, 5.74) is 1.21. The van der Waals surface area contributed by atoms with Crippen molar-refractivity contribution in [1.29, 1.82) is 0 Å². The summed E-state index contributed by atoms with van der Waals surface area (Å²) in [4.78, 5) is 0. The van der Waals surface area contributed by atoms with Gasteiger partial charge in [-0.15, -0.1) is 0 Å². The van der Waals surface area contributed by atoms with Gasteiger partial charge in [-0.2, -0.15) is 0 Å². The molecule has 5 nitrogen and oxygen atoms in total. The standard InChI is InChI=1S/C14H24N2O3S/c1-4-14(12-6-8-13(19-2)9-7-12)15-10-5-11-16-20(3,17)18/h6-9,14-16H,4-5,10-11H2,1-3H3. The van der Waals surface area contributed by atoms with Crippen LogP contribution < -0.4 is 14.8 Å². The molecule has 0 radical (unpaired) electrons. The fourth-order valence-electron chi connectivity index (χ4n) is 1.96. The van der Waals surface area contributed by atoms with Crippen LogP contribution in [0.15, 0.2) is 24.3 Å². The third-order valence-corrected chi connectivity index (χ3v) is 3.76. The SMILES string of the molecule is CCC(NCCCNS(C)(=O)=O)c1ccc(OC)cc1. The third kappa shape index (κ3) is 6.36. The van der Waals surface area contributed by atoms with Crippen LogP contribution in [0.1, 0.15) is 31.4 Å². The molecule has 0 aliphatic heterocycles. The lowest BCUT2D eigenvalue weighted by molar-refractivity contribution is 0.414. The Bertz CT molecular complexity index is 486. The Morgan fingerprint density at radius 3 is 2.35 bits per heavy atom. The van der Waals surface area contributed by atoms with Gasteiger partial charge in [0, 0.05) is 12.6 Å². The Balaban J connectivity index is 2.39. The monoisotopic (exact) mass is 300 g/mol. The van der Waals surface area contributed by atoms with Gasteiger partial charge in [0.2, 0.25) is 10.0 Å². The predicted octanol–water partition coefficient (Wildman–Crippen LogP) is 1.68. The topological polar surface area (TPSA) is 67.4 Å². The van der Waals surface area contributed by atoms with Crippen molar-refractivity contribution in [2.75, 3.05) is 26.5 Å². The molecule has 0 saturated carbocycles. The highest BCUT2D eigenvalue weighted by Gasteiger charge is 2.08. The van der Waals surface area contributed by atoms with Gasteiger partial charge in [0.25, 0.3) is 0 Å². The molecule has 1 atom stereocenters. The van der Waals surface area contributed by atoms with Crippen molar-refractivity contribution >= 4 is 10.0 Å². The summed E-state index contributed by atoms with van der Waals surface area (Å²) in [5.74, 6) is 0.848. The van der Waals surface area contributed by atoms with Crippen molar-refractivity contribution in [1.82, 2.24) is 10.0 Å². The molecule has 0 spiro atoms. The number of hydrogen-bond donors (Lipinski definition) is 2. The molecule has 0 heterocycles. The molecule has 1 rings (SSSR count). The maximum absolute atomic E-state index is 10.9. The first-order chi connectivity index (χ1) is 9.46. The van der Waals surface area contributed by atoms with Gasteiger partial charge in [-0.3, -0.25) is 0 Å². The predicted molar refractivity (Wildman–Crippen MR) is 81.5 cm³/mol. The smallest absolute Gasteiger partial charge is 0.208 e. The molecule has 0 aromatic heterocycles. The lowest BCUT2D eigenvalue weighted by atomic mass is 10.0. The van der Waals surface area contributed by atoms with E-state index in [0.29, 0.717) is 6.54 Å². The summed E-state index contributed by atoms with van der Waals surface area (Å²) in [5, 5.41) is 3.43. The number of methoxy groups -OCH3 is 1. The van der Waals surface area contributed by atoms with Crippen LogP contribution in [0, 0.1) is 0 Å². The molecule has 20 heavy (non-hydrogen) atoms. The zero-order valence-electron chi connectivity index (χ0n) is 12.3. The van der Waals surface area contributed by atoms with Crippen LogP contribution >= 0.6 is 0 Å². The molecule has 1 unspecified atom stereocenters. The molecule has 1 aromatic rings. The lowest BCUT2D eigenvalue weighted by Crippen LogP contribution is -2.28. The summed E-state index contributed by atoms with van der Waals surface area (Å²) in [6, 6.07) is 8.28. The number of hydrogen-bond acceptors (Lipinski definition) is 4. The zero-order chi connectivity index (χ0) is 15.0. The van der Waals surface area contributed by atoms with Gasteiger partial charge in [-0.1, -0.05) is 19.1 Å².